The van der Waals surface area contributed by atoms with Crippen molar-refractivity contribution in [3.63, 3.8) is 0 Å². The molecule has 142 valence electrons. The molecule has 2 saturated carbocycles. The van der Waals surface area contributed by atoms with E-state index in [4.69, 9.17) is 9.47 Å². The zero-order valence-electron chi connectivity index (χ0n) is 15.9. The van der Waals surface area contributed by atoms with Gasteiger partial charge in [0.2, 0.25) is 0 Å². The van der Waals surface area contributed by atoms with E-state index in [1.807, 2.05) is 0 Å². The van der Waals surface area contributed by atoms with E-state index < -0.39 is 10.8 Å². The van der Waals surface area contributed by atoms with E-state index in [9.17, 15) is 14.9 Å². The summed E-state index contributed by atoms with van der Waals surface area (Å²) in [7, 11) is 2.84. The molecule has 2 fully saturated rings. The van der Waals surface area contributed by atoms with Gasteiger partial charge in [-0.3, -0.25) is 14.9 Å². The Bertz CT molecular complexity index is 761. The monoisotopic (exact) mass is 362 g/mol. The summed E-state index contributed by atoms with van der Waals surface area (Å²) in [4.78, 5) is 23.8. The number of ether oxygens (including phenoxy) is 2. The lowest BCUT2D eigenvalue weighted by Crippen LogP contribution is -2.47. The largest absolute Gasteiger partial charge is 0.493 e. The summed E-state index contributed by atoms with van der Waals surface area (Å²) >= 11 is 0. The smallest absolute Gasteiger partial charge is 0.286 e. The van der Waals surface area contributed by atoms with Crippen molar-refractivity contribution < 1.29 is 19.2 Å². The van der Waals surface area contributed by atoms with Crippen LogP contribution in [-0.2, 0) is 0 Å². The first-order chi connectivity index (χ1) is 12.2. The molecule has 0 aliphatic heterocycles. The molecule has 7 nitrogen and oxygen atoms in total. The number of amides is 1. The molecule has 1 N–H and O–H groups in total. The van der Waals surface area contributed by atoms with Crippen LogP contribution in [0.4, 0.5) is 5.69 Å². The Morgan fingerprint density at radius 1 is 1.23 bits per heavy atom. The van der Waals surface area contributed by atoms with E-state index in [1.54, 1.807) is 0 Å². The second kappa shape index (κ2) is 6.14. The van der Waals surface area contributed by atoms with Crippen LogP contribution in [0.25, 0.3) is 0 Å². The molecule has 0 saturated heterocycles. The maximum atomic E-state index is 12.9. The van der Waals surface area contributed by atoms with Crippen LogP contribution in [0, 0.1) is 26.9 Å². The molecule has 0 aromatic heterocycles. The molecule has 2 aliphatic rings. The SMILES string of the molecule is COc1cc(C(=O)NC2CC3CCC2(C)C3(C)C)c([N+](=O)[O-])cc1OC. The number of benzene rings is 1. The highest BCUT2D eigenvalue weighted by molar-refractivity contribution is 5.99. The van der Waals surface area contributed by atoms with Crippen LogP contribution in [0.15, 0.2) is 12.1 Å². The van der Waals surface area contributed by atoms with Crippen LogP contribution in [-0.4, -0.2) is 31.1 Å². The number of hydrogen-bond acceptors (Lipinski definition) is 5. The van der Waals surface area contributed by atoms with Gasteiger partial charge in [-0.1, -0.05) is 20.8 Å². The van der Waals surface area contributed by atoms with Gasteiger partial charge in [0.1, 0.15) is 5.56 Å². The molecule has 3 unspecified atom stereocenters. The number of methoxy groups -OCH3 is 2. The number of hydrogen-bond donors (Lipinski definition) is 1. The third-order valence-corrected chi connectivity index (χ3v) is 7.04. The van der Waals surface area contributed by atoms with E-state index >= 15 is 0 Å². The molecular weight excluding hydrogens is 336 g/mol. The Labute approximate surface area is 153 Å². The highest BCUT2D eigenvalue weighted by atomic mass is 16.6. The van der Waals surface area contributed by atoms with Crippen molar-refractivity contribution >= 4 is 11.6 Å². The summed E-state index contributed by atoms with van der Waals surface area (Å²) in [6, 6.07) is 2.63. The quantitative estimate of drug-likeness (QED) is 0.639. The molecule has 1 aromatic rings. The summed E-state index contributed by atoms with van der Waals surface area (Å²) in [5.41, 5.74) is -0.141. The van der Waals surface area contributed by atoms with Gasteiger partial charge < -0.3 is 14.8 Å². The minimum absolute atomic E-state index is 0.00133. The molecule has 0 spiro atoms. The fraction of sp³-hybridized carbons (Fsp3) is 0.632. The maximum Gasteiger partial charge on any atom is 0.286 e. The van der Waals surface area contributed by atoms with E-state index in [1.165, 1.54) is 32.8 Å². The number of nitrogens with zero attached hydrogens (tertiary/aromatic N) is 1. The molecule has 3 atom stereocenters. The third-order valence-electron chi connectivity index (χ3n) is 7.04. The molecule has 7 heteroatoms. The minimum atomic E-state index is -0.566. The fourth-order valence-electron chi connectivity index (χ4n) is 4.86. The summed E-state index contributed by atoms with van der Waals surface area (Å²) in [6.45, 7) is 6.74. The lowest BCUT2D eigenvalue weighted by molar-refractivity contribution is -0.385. The molecule has 1 aromatic carbocycles. The Balaban J connectivity index is 1.92. The van der Waals surface area contributed by atoms with Crippen molar-refractivity contribution in [3.05, 3.63) is 27.8 Å². The second-order valence-corrected chi connectivity index (χ2v) is 8.12. The normalized spacial score (nSPS) is 28.7. The highest BCUT2D eigenvalue weighted by Gasteiger charge is 2.61. The number of nitro benzene ring substituents is 1. The van der Waals surface area contributed by atoms with E-state index in [0.717, 1.165) is 12.8 Å². The zero-order chi connectivity index (χ0) is 19.3. The maximum absolute atomic E-state index is 12.9. The highest BCUT2D eigenvalue weighted by Crippen LogP contribution is 2.65. The third kappa shape index (κ3) is 2.52. The van der Waals surface area contributed by atoms with Crippen LogP contribution in [0.2, 0.25) is 0 Å². The first-order valence-corrected chi connectivity index (χ1v) is 8.87. The average molecular weight is 362 g/mol. The summed E-state index contributed by atoms with van der Waals surface area (Å²) in [6.07, 6.45) is 3.15. The van der Waals surface area contributed by atoms with Gasteiger partial charge in [-0.2, -0.15) is 0 Å². The lowest BCUT2D eigenvalue weighted by Gasteiger charge is -2.39. The number of carbonyl (C=O) groups excluding carboxylic acids is 1. The van der Waals surface area contributed by atoms with Gasteiger partial charge in [-0.05, 0) is 36.0 Å². The van der Waals surface area contributed by atoms with E-state index in [-0.39, 0.29) is 33.9 Å². The van der Waals surface area contributed by atoms with Crippen molar-refractivity contribution in [2.75, 3.05) is 14.2 Å². The van der Waals surface area contributed by atoms with Crippen molar-refractivity contribution in [3.8, 4) is 11.5 Å². The molecule has 0 radical (unpaired) electrons. The van der Waals surface area contributed by atoms with Gasteiger partial charge in [0.25, 0.3) is 11.6 Å². The van der Waals surface area contributed by atoms with Crippen molar-refractivity contribution in [1.82, 2.24) is 5.32 Å². The average Bonchev–Trinajstić information content (AvgIpc) is 2.93. The molecule has 0 heterocycles. The topological polar surface area (TPSA) is 90.7 Å². The molecule has 3 rings (SSSR count). The first kappa shape index (κ1) is 18.5. The first-order valence-electron chi connectivity index (χ1n) is 8.87. The van der Waals surface area contributed by atoms with Crippen LogP contribution in [0.3, 0.4) is 0 Å². The molecular formula is C19H26N2O5. The standard InChI is InChI=1S/C19H26N2O5/c1-18(2)11-6-7-19(18,3)16(8-11)20-17(22)12-9-14(25-4)15(26-5)10-13(12)21(23)24/h9-11,16H,6-8H2,1-5H3,(H,20,22). The number of carbonyl (C=O) groups is 1. The van der Waals surface area contributed by atoms with Crippen LogP contribution < -0.4 is 14.8 Å². The van der Waals surface area contributed by atoms with Gasteiger partial charge >= 0.3 is 0 Å². The number of fused-ring (bicyclic) bond motifs is 2. The van der Waals surface area contributed by atoms with E-state index in [0.29, 0.717) is 11.7 Å². The Hall–Kier alpha value is -2.31. The fourth-order valence-corrected chi connectivity index (χ4v) is 4.86. The van der Waals surface area contributed by atoms with Gasteiger partial charge in [0.05, 0.1) is 25.2 Å². The van der Waals surface area contributed by atoms with Crippen LogP contribution in [0.1, 0.15) is 50.4 Å². The second-order valence-electron chi connectivity index (χ2n) is 8.12. The molecule has 2 aliphatic carbocycles. The van der Waals surface area contributed by atoms with Crippen molar-refractivity contribution in [2.45, 2.75) is 46.1 Å². The van der Waals surface area contributed by atoms with Gasteiger partial charge in [-0.25, -0.2) is 0 Å². The van der Waals surface area contributed by atoms with Crippen LogP contribution in [0.5, 0.6) is 11.5 Å². The Kier molecular flexibility index (Phi) is 4.37. The van der Waals surface area contributed by atoms with E-state index in [2.05, 4.69) is 26.1 Å². The molecule has 2 bridgehead atoms. The molecule has 26 heavy (non-hydrogen) atoms. The number of rotatable bonds is 5. The van der Waals surface area contributed by atoms with Gasteiger partial charge in [0.15, 0.2) is 11.5 Å². The Morgan fingerprint density at radius 2 is 1.85 bits per heavy atom. The zero-order valence-corrected chi connectivity index (χ0v) is 15.9. The Morgan fingerprint density at radius 3 is 2.31 bits per heavy atom. The summed E-state index contributed by atoms with van der Waals surface area (Å²) in [5.74, 6) is 0.650. The lowest BCUT2D eigenvalue weighted by atomic mass is 9.69. The van der Waals surface area contributed by atoms with Crippen LogP contribution >= 0.6 is 0 Å². The minimum Gasteiger partial charge on any atom is -0.493 e. The predicted octanol–water partition coefficient (Wildman–Crippen LogP) is 3.56. The number of nitro groups is 1. The summed E-state index contributed by atoms with van der Waals surface area (Å²) < 4.78 is 10.3. The number of nitrogens with one attached hydrogen (secondary N) is 1. The van der Waals surface area contributed by atoms with Crippen molar-refractivity contribution in [1.29, 1.82) is 0 Å². The van der Waals surface area contributed by atoms with Crippen molar-refractivity contribution in [2.24, 2.45) is 16.7 Å². The predicted molar refractivity (Wildman–Crippen MR) is 96.7 cm³/mol. The van der Waals surface area contributed by atoms with Gasteiger partial charge in [0, 0.05) is 12.1 Å². The molecule has 1 amide bonds. The summed E-state index contributed by atoms with van der Waals surface area (Å²) in [5, 5.41) is 14.5. The van der Waals surface area contributed by atoms with Gasteiger partial charge in [-0.15, -0.1) is 0 Å².